The molecule has 2 rings (SSSR count). The monoisotopic (exact) mass is 247 g/mol. The highest BCUT2D eigenvalue weighted by molar-refractivity contribution is 8.00. The maximum absolute atomic E-state index is 6.21. The smallest absolute Gasteiger partial charge is 0.0543 e. The molecule has 0 aromatic heterocycles. The lowest BCUT2D eigenvalue weighted by Crippen LogP contribution is -2.39. The molecule has 1 saturated heterocycles. The fourth-order valence-corrected chi connectivity index (χ4v) is 4.82. The van der Waals surface area contributed by atoms with Crippen LogP contribution in [0.4, 0.5) is 0 Å². The van der Waals surface area contributed by atoms with Crippen LogP contribution >= 0.6 is 23.4 Å². The Morgan fingerprint density at radius 1 is 1.33 bits per heavy atom. The van der Waals surface area contributed by atoms with Gasteiger partial charge >= 0.3 is 0 Å². The number of nitrogens with one attached hydrogen (secondary N) is 1. The minimum absolute atomic E-state index is 0.410. The molecule has 15 heavy (non-hydrogen) atoms. The summed E-state index contributed by atoms with van der Waals surface area (Å²) in [6.45, 7) is 6.96. The van der Waals surface area contributed by atoms with E-state index in [-0.39, 0.29) is 0 Å². The molecule has 2 fully saturated rings. The van der Waals surface area contributed by atoms with E-state index in [9.17, 15) is 0 Å². The average Bonchev–Trinajstić information content (AvgIpc) is 2.42. The molecule has 0 bridgehead atoms. The highest BCUT2D eigenvalue weighted by Gasteiger charge is 2.39. The van der Waals surface area contributed by atoms with Gasteiger partial charge in [-0.25, -0.2) is 0 Å². The predicted molar refractivity (Wildman–Crippen MR) is 69.7 cm³/mol. The van der Waals surface area contributed by atoms with Crippen LogP contribution in [0, 0.1) is 5.41 Å². The van der Waals surface area contributed by atoms with Gasteiger partial charge in [0.25, 0.3) is 0 Å². The van der Waals surface area contributed by atoms with Gasteiger partial charge in [-0.3, -0.25) is 0 Å². The second kappa shape index (κ2) is 4.46. The quantitative estimate of drug-likeness (QED) is 0.711. The minimum Gasteiger partial charge on any atom is -0.301 e. The number of alkyl halides is 1. The van der Waals surface area contributed by atoms with E-state index in [1.807, 2.05) is 0 Å². The highest BCUT2D eigenvalue weighted by Crippen LogP contribution is 2.41. The van der Waals surface area contributed by atoms with Crippen molar-refractivity contribution in [2.24, 2.45) is 5.41 Å². The first-order valence-corrected chi connectivity index (χ1v) is 7.37. The van der Waals surface area contributed by atoms with Gasteiger partial charge < -0.3 is 5.32 Å². The molecule has 3 heteroatoms. The van der Waals surface area contributed by atoms with E-state index in [2.05, 4.69) is 37.8 Å². The van der Waals surface area contributed by atoms with Crippen molar-refractivity contribution in [3.8, 4) is 0 Å². The molecular weight excluding hydrogens is 226 g/mol. The van der Waals surface area contributed by atoms with Crippen LogP contribution in [0.1, 0.15) is 46.5 Å². The van der Waals surface area contributed by atoms with Crippen molar-refractivity contribution in [1.29, 1.82) is 0 Å². The summed E-state index contributed by atoms with van der Waals surface area (Å²) in [7, 11) is 0. The molecule has 4 atom stereocenters. The van der Waals surface area contributed by atoms with Crippen molar-refractivity contribution < 1.29 is 0 Å². The Labute approximate surface area is 103 Å². The Balaban J connectivity index is 1.88. The molecule has 0 aromatic carbocycles. The molecule has 1 aliphatic carbocycles. The van der Waals surface area contributed by atoms with Gasteiger partial charge in [0.15, 0.2) is 0 Å². The summed E-state index contributed by atoms with van der Waals surface area (Å²) < 4.78 is 0. The Morgan fingerprint density at radius 3 is 2.73 bits per heavy atom. The fraction of sp³-hybridized carbons (Fsp3) is 1.00. The summed E-state index contributed by atoms with van der Waals surface area (Å²) >= 11 is 8.37. The van der Waals surface area contributed by atoms with Gasteiger partial charge in [0, 0.05) is 16.7 Å². The molecular formula is C12H22ClNS. The molecule has 0 aromatic rings. The zero-order chi connectivity index (χ0) is 11.1. The summed E-state index contributed by atoms with van der Waals surface area (Å²) in [5, 5.41) is 5.65. The second-order valence-corrected chi connectivity index (χ2v) is 8.18. The Kier molecular flexibility index (Phi) is 3.59. The van der Waals surface area contributed by atoms with Gasteiger partial charge in [-0.15, -0.1) is 23.4 Å². The molecule has 1 heterocycles. The van der Waals surface area contributed by atoms with Gasteiger partial charge in [-0.2, -0.15) is 0 Å². The molecule has 0 amide bonds. The summed E-state index contributed by atoms with van der Waals surface area (Å²) in [6, 6.07) is 0.679. The summed E-state index contributed by atoms with van der Waals surface area (Å²) in [4.78, 5) is 0. The molecule has 1 nitrogen and oxygen atoms in total. The van der Waals surface area contributed by atoms with Crippen LogP contribution < -0.4 is 5.32 Å². The van der Waals surface area contributed by atoms with Crippen molar-refractivity contribution in [3.63, 3.8) is 0 Å². The van der Waals surface area contributed by atoms with E-state index < -0.39 is 0 Å². The zero-order valence-corrected chi connectivity index (χ0v) is 11.5. The summed E-state index contributed by atoms with van der Waals surface area (Å²) in [5.41, 5.74) is 0.429. The lowest BCUT2D eigenvalue weighted by atomic mass is 9.91. The van der Waals surface area contributed by atoms with E-state index in [1.54, 1.807) is 0 Å². The number of hydrogen-bond acceptors (Lipinski definition) is 2. The maximum Gasteiger partial charge on any atom is 0.0543 e. The van der Waals surface area contributed by atoms with Gasteiger partial charge in [0.2, 0.25) is 0 Å². The van der Waals surface area contributed by atoms with Gasteiger partial charge in [0.1, 0.15) is 0 Å². The van der Waals surface area contributed by atoms with E-state index >= 15 is 0 Å². The lowest BCUT2D eigenvalue weighted by Gasteiger charge is -2.27. The molecule has 1 saturated carbocycles. The normalized spacial score (nSPS) is 41.6. The average molecular weight is 248 g/mol. The van der Waals surface area contributed by atoms with Gasteiger partial charge in [-0.1, -0.05) is 20.8 Å². The van der Waals surface area contributed by atoms with Crippen molar-refractivity contribution in [1.82, 2.24) is 5.32 Å². The third-order valence-electron chi connectivity index (χ3n) is 3.26. The lowest BCUT2D eigenvalue weighted by molar-refractivity contribution is 0.332. The van der Waals surface area contributed by atoms with Crippen LogP contribution in [0.25, 0.3) is 0 Å². The van der Waals surface area contributed by atoms with Gasteiger partial charge in [0.05, 0.1) is 5.37 Å². The summed E-state index contributed by atoms with van der Waals surface area (Å²) in [6.07, 6.45) is 4.94. The third kappa shape index (κ3) is 3.28. The van der Waals surface area contributed by atoms with Crippen molar-refractivity contribution in [3.05, 3.63) is 0 Å². The van der Waals surface area contributed by atoms with E-state index in [1.165, 1.54) is 25.7 Å². The van der Waals surface area contributed by atoms with E-state index in [4.69, 9.17) is 11.6 Å². The Hall–Kier alpha value is 0.600. The summed E-state index contributed by atoms with van der Waals surface area (Å²) in [5.74, 6) is 0. The zero-order valence-electron chi connectivity index (χ0n) is 9.92. The van der Waals surface area contributed by atoms with Crippen LogP contribution in [0.15, 0.2) is 0 Å². The molecule has 0 radical (unpaired) electrons. The predicted octanol–water partition coefficient (Wildman–Crippen LogP) is 3.61. The largest absolute Gasteiger partial charge is 0.301 e. The van der Waals surface area contributed by atoms with Crippen LogP contribution in [0.5, 0.6) is 0 Å². The van der Waals surface area contributed by atoms with Gasteiger partial charge in [-0.05, 0) is 31.1 Å². The molecule has 4 unspecified atom stereocenters. The first-order chi connectivity index (χ1) is 6.94. The topological polar surface area (TPSA) is 12.0 Å². The minimum atomic E-state index is 0.410. The van der Waals surface area contributed by atoms with E-state index in [0.29, 0.717) is 22.2 Å². The molecule has 88 valence electrons. The fourth-order valence-electron chi connectivity index (χ4n) is 2.58. The van der Waals surface area contributed by atoms with Crippen molar-refractivity contribution >= 4 is 23.4 Å². The number of fused-ring (bicyclic) bond motifs is 1. The Bertz CT molecular complexity index is 226. The first-order valence-electron chi connectivity index (χ1n) is 6.00. The number of hydrogen-bond donors (Lipinski definition) is 1. The standard InChI is InChI=1S/C12H22ClNS/c1-12(2,3)7-11-14-9-6-8(13)4-5-10(9)15-11/h8-11,14H,4-7H2,1-3H3. The molecule has 1 N–H and O–H groups in total. The third-order valence-corrected chi connectivity index (χ3v) is 5.20. The second-order valence-electron chi connectivity index (χ2n) is 6.11. The van der Waals surface area contributed by atoms with Crippen molar-refractivity contribution in [2.75, 3.05) is 0 Å². The number of rotatable bonds is 1. The highest BCUT2D eigenvalue weighted by atomic mass is 35.5. The van der Waals surface area contributed by atoms with Crippen molar-refractivity contribution in [2.45, 2.75) is 68.5 Å². The van der Waals surface area contributed by atoms with E-state index in [0.717, 1.165) is 5.25 Å². The van der Waals surface area contributed by atoms with Crippen LogP contribution in [0.3, 0.4) is 0 Å². The molecule has 1 aliphatic heterocycles. The van der Waals surface area contributed by atoms with Crippen LogP contribution in [-0.4, -0.2) is 22.0 Å². The van der Waals surface area contributed by atoms with Crippen LogP contribution in [-0.2, 0) is 0 Å². The number of halogens is 1. The number of thioether (sulfide) groups is 1. The first kappa shape index (κ1) is 12.1. The van der Waals surface area contributed by atoms with Crippen LogP contribution in [0.2, 0.25) is 0 Å². The molecule has 2 aliphatic rings. The Morgan fingerprint density at radius 2 is 2.07 bits per heavy atom. The molecule has 0 spiro atoms. The SMILES string of the molecule is CC(C)(C)CC1NC2CC(Cl)CCC2S1. The maximum atomic E-state index is 6.21.